The third kappa shape index (κ3) is 3.90. The predicted octanol–water partition coefficient (Wildman–Crippen LogP) is 2.32. The fourth-order valence-electron chi connectivity index (χ4n) is 2.41. The smallest absolute Gasteiger partial charge is 0.294 e. The number of carbonyl (C=O) groups is 1. The third-order valence-corrected chi connectivity index (χ3v) is 3.81. The lowest BCUT2D eigenvalue weighted by molar-refractivity contribution is -0.384. The van der Waals surface area contributed by atoms with Crippen molar-refractivity contribution in [2.24, 2.45) is 0 Å². The minimum Gasteiger partial charge on any atom is -0.340 e. The number of aryl methyl sites for hydroxylation is 1. The molecule has 0 aliphatic rings. The van der Waals surface area contributed by atoms with Crippen LogP contribution in [0.15, 0.2) is 35.1 Å². The lowest BCUT2D eigenvalue weighted by Gasteiger charge is -2.17. The molecule has 8 heteroatoms. The molecule has 0 fully saturated rings. The van der Waals surface area contributed by atoms with Crippen LogP contribution in [-0.2, 0) is 0 Å². The van der Waals surface area contributed by atoms with Crippen LogP contribution in [0.25, 0.3) is 5.69 Å². The van der Waals surface area contributed by atoms with E-state index in [0.29, 0.717) is 12.2 Å². The van der Waals surface area contributed by atoms with Crippen molar-refractivity contribution in [1.82, 2.24) is 14.7 Å². The highest BCUT2D eigenvalue weighted by Crippen LogP contribution is 2.22. The molecule has 2 aromatic rings. The predicted molar refractivity (Wildman–Crippen MR) is 93.1 cm³/mol. The van der Waals surface area contributed by atoms with Gasteiger partial charge >= 0.3 is 0 Å². The number of rotatable bonds is 6. The molecule has 0 saturated heterocycles. The second-order valence-corrected chi connectivity index (χ2v) is 5.74. The summed E-state index contributed by atoms with van der Waals surface area (Å²) >= 11 is 0. The molecule has 0 radical (unpaired) electrons. The van der Waals surface area contributed by atoms with Gasteiger partial charge in [-0.2, -0.15) is 5.10 Å². The van der Waals surface area contributed by atoms with E-state index in [2.05, 4.69) is 5.10 Å². The molecule has 1 heterocycles. The first kappa shape index (κ1) is 18.3. The van der Waals surface area contributed by atoms with Crippen molar-refractivity contribution in [2.75, 3.05) is 13.6 Å². The highest BCUT2D eigenvalue weighted by Gasteiger charge is 2.21. The van der Waals surface area contributed by atoms with Crippen LogP contribution >= 0.6 is 0 Å². The molecule has 8 nitrogen and oxygen atoms in total. The first-order valence-corrected chi connectivity index (χ1v) is 7.97. The lowest BCUT2D eigenvalue weighted by Crippen LogP contribution is -2.34. The fraction of sp³-hybridized carbons (Fsp3) is 0.353. The number of hydrogen-bond donors (Lipinski definition) is 0. The first-order chi connectivity index (χ1) is 11.9. The van der Waals surface area contributed by atoms with Crippen LogP contribution < -0.4 is 5.43 Å². The summed E-state index contributed by atoms with van der Waals surface area (Å²) in [4.78, 5) is 36.9. The van der Waals surface area contributed by atoms with Crippen molar-refractivity contribution in [3.05, 3.63) is 62.1 Å². The van der Waals surface area contributed by atoms with Gasteiger partial charge < -0.3 is 4.90 Å². The van der Waals surface area contributed by atoms with Crippen LogP contribution in [0.2, 0.25) is 0 Å². The average Bonchev–Trinajstić information content (AvgIpc) is 2.59. The van der Waals surface area contributed by atoms with E-state index >= 15 is 0 Å². The number of amides is 1. The maximum Gasteiger partial charge on any atom is 0.294 e. The summed E-state index contributed by atoms with van der Waals surface area (Å²) in [6.07, 6.45) is 1.73. The van der Waals surface area contributed by atoms with E-state index < -0.39 is 16.3 Å². The Bertz CT molecular complexity index is 860. The third-order valence-electron chi connectivity index (χ3n) is 3.81. The zero-order chi connectivity index (χ0) is 18.6. The highest BCUT2D eigenvalue weighted by molar-refractivity contribution is 5.91. The summed E-state index contributed by atoms with van der Waals surface area (Å²) in [7, 11) is 1.61. The Morgan fingerprint density at radius 3 is 2.68 bits per heavy atom. The Morgan fingerprint density at radius 1 is 1.36 bits per heavy atom. The van der Waals surface area contributed by atoms with Crippen molar-refractivity contribution >= 4 is 11.6 Å². The van der Waals surface area contributed by atoms with Gasteiger partial charge in [-0.05, 0) is 19.4 Å². The van der Waals surface area contributed by atoms with Gasteiger partial charge in [0.05, 0.1) is 4.92 Å². The number of benzene rings is 1. The zero-order valence-corrected chi connectivity index (χ0v) is 14.4. The van der Waals surface area contributed by atoms with Gasteiger partial charge in [0.1, 0.15) is 5.69 Å². The van der Waals surface area contributed by atoms with Gasteiger partial charge in [0.2, 0.25) is 5.43 Å². The van der Waals surface area contributed by atoms with Gasteiger partial charge in [0, 0.05) is 31.4 Å². The minimum atomic E-state index is -0.524. The number of hydrogen-bond acceptors (Lipinski definition) is 5. The fourth-order valence-corrected chi connectivity index (χ4v) is 2.41. The van der Waals surface area contributed by atoms with Gasteiger partial charge in [0.25, 0.3) is 11.6 Å². The number of nitro groups is 1. The molecule has 0 aliphatic carbocycles. The molecule has 0 aliphatic heterocycles. The largest absolute Gasteiger partial charge is 0.340 e. The first-order valence-electron chi connectivity index (χ1n) is 7.97. The summed E-state index contributed by atoms with van der Waals surface area (Å²) in [6, 6.07) is 7.33. The molecule has 0 unspecified atom stereocenters. The van der Waals surface area contributed by atoms with Crippen molar-refractivity contribution in [3.63, 3.8) is 0 Å². The molecule has 1 aromatic heterocycles. The minimum absolute atomic E-state index is 0.153. The lowest BCUT2D eigenvalue weighted by atomic mass is 10.2. The van der Waals surface area contributed by atoms with Crippen LogP contribution in [-0.4, -0.2) is 39.1 Å². The number of nitrogens with zero attached hydrogens (tertiary/aromatic N) is 4. The van der Waals surface area contributed by atoms with E-state index in [1.54, 1.807) is 26.1 Å². The summed E-state index contributed by atoms with van der Waals surface area (Å²) in [5, 5.41) is 15.4. The topological polar surface area (TPSA) is 98.3 Å². The van der Waals surface area contributed by atoms with Gasteiger partial charge in [-0.25, -0.2) is 4.68 Å². The van der Waals surface area contributed by atoms with E-state index in [1.807, 2.05) is 6.92 Å². The van der Waals surface area contributed by atoms with Crippen LogP contribution in [0.1, 0.15) is 35.9 Å². The molecule has 0 atom stereocenters. The van der Waals surface area contributed by atoms with Crippen LogP contribution in [0.5, 0.6) is 0 Å². The summed E-state index contributed by atoms with van der Waals surface area (Å²) < 4.78 is 1.26. The van der Waals surface area contributed by atoms with Gasteiger partial charge in [0.15, 0.2) is 5.69 Å². The van der Waals surface area contributed by atoms with E-state index in [0.717, 1.165) is 12.8 Å². The molecule has 1 amide bonds. The molecule has 0 spiro atoms. The quantitative estimate of drug-likeness (QED) is 0.591. The molecule has 132 valence electrons. The Kier molecular flexibility index (Phi) is 5.63. The van der Waals surface area contributed by atoms with Crippen molar-refractivity contribution in [2.45, 2.75) is 26.7 Å². The Labute approximate surface area is 144 Å². The Balaban J connectivity index is 2.54. The standard InChI is InChI=1S/C17H20N4O4/c1-4-5-10-19(3)17(23)16-15(22)11-12(2)20(18-16)13-8-6-7-9-14(13)21(24)25/h6-9,11H,4-5,10H2,1-3H3. The number of carbonyl (C=O) groups excluding carboxylic acids is 1. The van der Waals surface area contributed by atoms with Crippen molar-refractivity contribution in [1.29, 1.82) is 0 Å². The zero-order valence-electron chi connectivity index (χ0n) is 14.4. The van der Waals surface area contributed by atoms with E-state index in [-0.39, 0.29) is 17.1 Å². The van der Waals surface area contributed by atoms with Crippen LogP contribution in [0.4, 0.5) is 5.69 Å². The number of aromatic nitrogens is 2. The van der Waals surface area contributed by atoms with Gasteiger partial charge in [-0.15, -0.1) is 0 Å². The molecule has 2 rings (SSSR count). The highest BCUT2D eigenvalue weighted by atomic mass is 16.6. The molecular formula is C17H20N4O4. The van der Waals surface area contributed by atoms with Gasteiger partial charge in [-0.3, -0.25) is 19.7 Å². The Hall–Kier alpha value is -3.03. The maximum atomic E-state index is 12.5. The van der Waals surface area contributed by atoms with Crippen LogP contribution in [0, 0.1) is 17.0 Å². The average molecular weight is 344 g/mol. The molecule has 25 heavy (non-hydrogen) atoms. The maximum absolute atomic E-state index is 12.5. The molecule has 1 aromatic carbocycles. The van der Waals surface area contributed by atoms with E-state index in [4.69, 9.17) is 0 Å². The monoisotopic (exact) mass is 344 g/mol. The molecular weight excluding hydrogens is 324 g/mol. The molecule has 0 N–H and O–H groups in total. The van der Waals surface area contributed by atoms with Crippen molar-refractivity contribution < 1.29 is 9.72 Å². The second-order valence-electron chi connectivity index (χ2n) is 5.74. The molecule has 0 saturated carbocycles. The normalized spacial score (nSPS) is 10.5. The SMILES string of the molecule is CCCCN(C)C(=O)c1nn(-c2ccccc2[N+](=O)[O-])c(C)cc1=O. The Morgan fingerprint density at radius 2 is 2.04 bits per heavy atom. The van der Waals surface area contributed by atoms with Crippen LogP contribution in [0.3, 0.4) is 0 Å². The number of nitro benzene ring substituents is 1. The van der Waals surface area contributed by atoms with E-state index in [1.165, 1.54) is 27.8 Å². The molecule has 0 bridgehead atoms. The summed E-state index contributed by atoms with van der Waals surface area (Å²) in [5.41, 5.74) is -0.287. The van der Waals surface area contributed by atoms with Gasteiger partial charge in [-0.1, -0.05) is 25.5 Å². The number of para-hydroxylation sites is 2. The summed E-state index contributed by atoms with van der Waals surface area (Å²) in [5.74, 6) is -0.495. The van der Waals surface area contributed by atoms with Crippen molar-refractivity contribution in [3.8, 4) is 5.69 Å². The van der Waals surface area contributed by atoms with E-state index in [9.17, 15) is 19.7 Å². The number of unbranched alkanes of at least 4 members (excludes halogenated alkanes) is 1. The summed E-state index contributed by atoms with van der Waals surface area (Å²) in [6.45, 7) is 4.12. The second kappa shape index (κ2) is 7.69.